The van der Waals surface area contributed by atoms with E-state index in [9.17, 15) is 5.11 Å². The quantitative estimate of drug-likeness (QED) is 0.860. The lowest BCUT2D eigenvalue weighted by Gasteiger charge is -2.19. The topological polar surface area (TPSA) is 35.5 Å². The Hall–Kier alpha value is -0.420. The van der Waals surface area contributed by atoms with Crippen LogP contribution in [0, 0.1) is 0 Å². The van der Waals surface area contributed by atoms with Gasteiger partial charge in [-0.1, -0.05) is 6.92 Å². The highest BCUT2D eigenvalue weighted by atomic mass is 32.1. The van der Waals surface area contributed by atoms with E-state index in [1.807, 2.05) is 16.8 Å². The first kappa shape index (κ1) is 14.0. The molecule has 102 valence electrons. The predicted molar refractivity (Wildman–Crippen MR) is 77.0 cm³/mol. The number of hydrogen-bond acceptors (Lipinski definition) is 4. The number of likely N-dealkylation sites (tertiary alicyclic amines) is 1. The van der Waals surface area contributed by atoms with E-state index >= 15 is 0 Å². The molecule has 4 heteroatoms. The summed E-state index contributed by atoms with van der Waals surface area (Å²) in [6.45, 7) is 6.47. The number of aliphatic hydroxyl groups is 1. The van der Waals surface area contributed by atoms with Crippen molar-refractivity contribution < 1.29 is 5.11 Å². The molecule has 0 aliphatic carbocycles. The average Bonchev–Trinajstić information content (AvgIpc) is 2.82. The molecule has 1 saturated heterocycles. The molecular formula is C14H24N2OS. The van der Waals surface area contributed by atoms with Gasteiger partial charge in [0, 0.05) is 12.6 Å². The Balaban J connectivity index is 1.73. The Morgan fingerprint density at radius 2 is 2.39 bits per heavy atom. The second kappa shape index (κ2) is 7.24. The molecule has 18 heavy (non-hydrogen) atoms. The normalized spacial score (nSPS) is 23.8. The molecule has 2 atom stereocenters. The molecule has 3 nitrogen and oxygen atoms in total. The van der Waals surface area contributed by atoms with Crippen molar-refractivity contribution in [2.45, 2.75) is 38.3 Å². The lowest BCUT2D eigenvalue weighted by atomic mass is 10.1. The monoisotopic (exact) mass is 268 g/mol. The van der Waals surface area contributed by atoms with Gasteiger partial charge in [0.25, 0.3) is 0 Å². The van der Waals surface area contributed by atoms with Gasteiger partial charge in [-0.2, -0.15) is 11.3 Å². The van der Waals surface area contributed by atoms with Gasteiger partial charge < -0.3 is 15.3 Å². The summed E-state index contributed by atoms with van der Waals surface area (Å²) in [7, 11) is 0. The Morgan fingerprint density at radius 1 is 1.50 bits per heavy atom. The lowest BCUT2D eigenvalue weighted by Crippen LogP contribution is -2.33. The highest BCUT2D eigenvalue weighted by Crippen LogP contribution is 2.16. The van der Waals surface area contributed by atoms with Crippen molar-refractivity contribution in [3.8, 4) is 0 Å². The first-order chi connectivity index (χ1) is 8.79. The third-order valence-electron chi connectivity index (χ3n) is 3.80. The van der Waals surface area contributed by atoms with Gasteiger partial charge in [-0.15, -0.1) is 0 Å². The van der Waals surface area contributed by atoms with Crippen molar-refractivity contribution in [2.24, 2.45) is 0 Å². The van der Waals surface area contributed by atoms with Crippen molar-refractivity contribution in [2.75, 3.05) is 26.2 Å². The van der Waals surface area contributed by atoms with E-state index in [-0.39, 0.29) is 6.10 Å². The van der Waals surface area contributed by atoms with Gasteiger partial charge in [-0.3, -0.25) is 0 Å². The molecule has 1 aromatic heterocycles. The van der Waals surface area contributed by atoms with Crippen molar-refractivity contribution in [3.05, 3.63) is 22.4 Å². The molecule has 0 bridgehead atoms. The van der Waals surface area contributed by atoms with Gasteiger partial charge in [0.15, 0.2) is 0 Å². The van der Waals surface area contributed by atoms with Crippen LogP contribution in [0.3, 0.4) is 0 Å². The first-order valence-corrected chi connectivity index (χ1v) is 7.89. The smallest absolute Gasteiger partial charge is 0.0922 e. The summed E-state index contributed by atoms with van der Waals surface area (Å²) in [4.78, 5) is 2.51. The first-order valence-electron chi connectivity index (χ1n) is 6.95. The van der Waals surface area contributed by atoms with Crippen LogP contribution in [-0.2, 0) is 0 Å². The van der Waals surface area contributed by atoms with E-state index in [2.05, 4.69) is 17.1 Å². The van der Waals surface area contributed by atoms with Crippen LogP contribution in [0.15, 0.2) is 16.8 Å². The van der Waals surface area contributed by atoms with E-state index in [0.717, 1.165) is 12.1 Å². The summed E-state index contributed by atoms with van der Waals surface area (Å²) in [5.41, 5.74) is 1.04. The van der Waals surface area contributed by atoms with Crippen molar-refractivity contribution >= 4 is 11.3 Å². The molecule has 1 aliphatic heterocycles. The summed E-state index contributed by atoms with van der Waals surface area (Å²) >= 11 is 1.64. The Morgan fingerprint density at radius 3 is 3.11 bits per heavy atom. The molecule has 2 heterocycles. The standard InChI is InChI=1S/C14H24N2OS/c1-2-16-7-3-4-13(5-8-16)15-10-14(17)12-6-9-18-11-12/h6,9,11,13-15,17H,2-5,7-8,10H2,1H3. The highest BCUT2D eigenvalue weighted by molar-refractivity contribution is 7.07. The van der Waals surface area contributed by atoms with Crippen LogP contribution in [0.4, 0.5) is 0 Å². The Labute approximate surface area is 114 Å². The van der Waals surface area contributed by atoms with Crippen LogP contribution < -0.4 is 5.32 Å². The number of rotatable bonds is 5. The molecule has 2 unspecified atom stereocenters. The van der Waals surface area contributed by atoms with E-state index in [4.69, 9.17) is 0 Å². The molecule has 0 amide bonds. The van der Waals surface area contributed by atoms with Crippen LogP contribution in [0.2, 0.25) is 0 Å². The molecule has 1 aromatic rings. The van der Waals surface area contributed by atoms with E-state index in [1.165, 1.54) is 32.4 Å². The van der Waals surface area contributed by atoms with Crippen LogP contribution >= 0.6 is 11.3 Å². The Bertz CT molecular complexity index is 329. The van der Waals surface area contributed by atoms with E-state index in [0.29, 0.717) is 12.6 Å². The number of aliphatic hydroxyl groups excluding tert-OH is 1. The fourth-order valence-corrected chi connectivity index (χ4v) is 3.24. The largest absolute Gasteiger partial charge is 0.387 e. The Kier molecular flexibility index (Phi) is 5.63. The van der Waals surface area contributed by atoms with E-state index < -0.39 is 0 Å². The zero-order chi connectivity index (χ0) is 12.8. The summed E-state index contributed by atoms with van der Waals surface area (Å²) in [5, 5.41) is 17.6. The van der Waals surface area contributed by atoms with Crippen molar-refractivity contribution in [1.29, 1.82) is 0 Å². The number of nitrogens with one attached hydrogen (secondary N) is 1. The molecule has 0 spiro atoms. The van der Waals surface area contributed by atoms with Crippen LogP contribution in [0.1, 0.15) is 37.9 Å². The fourth-order valence-electron chi connectivity index (χ4n) is 2.54. The maximum Gasteiger partial charge on any atom is 0.0922 e. The SMILES string of the molecule is CCN1CCCC(NCC(O)c2ccsc2)CC1. The lowest BCUT2D eigenvalue weighted by molar-refractivity contribution is 0.168. The van der Waals surface area contributed by atoms with Gasteiger partial charge in [-0.05, 0) is 61.3 Å². The number of thiophene rings is 1. The minimum atomic E-state index is -0.359. The van der Waals surface area contributed by atoms with Crippen LogP contribution in [0.5, 0.6) is 0 Å². The molecular weight excluding hydrogens is 244 g/mol. The maximum absolute atomic E-state index is 10.0. The molecule has 0 aromatic carbocycles. The molecule has 2 rings (SSSR count). The zero-order valence-electron chi connectivity index (χ0n) is 11.1. The van der Waals surface area contributed by atoms with Crippen molar-refractivity contribution in [3.63, 3.8) is 0 Å². The van der Waals surface area contributed by atoms with E-state index in [1.54, 1.807) is 11.3 Å². The fraction of sp³-hybridized carbons (Fsp3) is 0.714. The highest BCUT2D eigenvalue weighted by Gasteiger charge is 2.17. The van der Waals surface area contributed by atoms with Crippen LogP contribution in [0.25, 0.3) is 0 Å². The summed E-state index contributed by atoms with van der Waals surface area (Å²) in [6.07, 6.45) is 3.33. The maximum atomic E-state index is 10.0. The summed E-state index contributed by atoms with van der Waals surface area (Å²) < 4.78 is 0. The molecule has 1 fully saturated rings. The minimum Gasteiger partial charge on any atom is -0.387 e. The number of nitrogens with zero attached hydrogens (tertiary/aromatic N) is 1. The molecule has 2 N–H and O–H groups in total. The minimum absolute atomic E-state index is 0.359. The average molecular weight is 268 g/mol. The zero-order valence-corrected chi connectivity index (χ0v) is 12.0. The summed E-state index contributed by atoms with van der Waals surface area (Å²) in [6, 6.07) is 2.57. The molecule has 1 aliphatic rings. The molecule has 0 radical (unpaired) electrons. The number of hydrogen-bond donors (Lipinski definition) is 2. The van der Waals surface area contributed by atoms with Gasteiger partial charge in [0.1, 0.15) is 0 Å². The van der Waals surface area contributed by atoms with Gasteiger partial charge in [0.05, 0.1) is 6.10 Å². The van der Waals surface area contributed by atoms with Crippen LogP contribution in [-0.4, -0.2) is 42.2 Å². The summed E-state index contributed by atoms with van der Waals surface area (Å²) in [5.74, 6) is 0. The van der Waals surface area contributed by atoms with Gasteiger partial charge in [0.2, 0.25) is 0 Å². The van der Waals surface area contributed by atoms with Crippen molar-refractivity contribution in [1.82, 2.24) is 10.2 Å². The third-order valence-corrected chi connectivity index (χ3v) is 4.50. The van der Waals surface area contributed by atoms with Gasteiger partial charge >= 0.3 is 0 Å². The predicted octanol–water partition coefficient (Wildman–Crippen LogP) is 2.25. The van der Waals surface area contributed by atoms with Gasteiger partial charge in [-0.25, -0.2) is 0 Å². The second-order valence-corrected chi connectivity index (χ2v) is 5.82. The second-order valence-electron chi connectivity index (χ2n) is 5.04. The molecule has 0 saturated carbocycles. The third kappa shape index (κ3) is 4.05.